The highest BCUT2D eigenvalue weighted by atomic mass is 35.5. The van der Waals surface area contributed by atoms with Gasteiger partial charge >= 0.3 is 0 Å². The maximum absolute atomic E-state index is 13.4. The van der Waals surface area contributed by atoms with Crippen LogP contribution in [0.4, 0.5) is 0 Å². The molecule has 0 radical (unpaired) electrons. The quantitative estimate of drug-likeness (QED) is 0.509. The summed E-state index contributed by atoms with van der Waals surface area (Å²) in [6, 6.07) is 13.1. The van der Waals surface area contributed by atoms with Crippen LogP contribution < -0.4 is 10.9 Å². The number of H-pyrrole nitrogens is 1. The summed E-state index contributed by atoms with van der Waals surface area (Å²) < 4.78 is 28.5. The lowest BCUT2D eigenvalue weighted by molar-refractivity contribution is 0.0955. The number of carbonyl (C=O) groups excluding carboxylic acids is 1. The predicted molar refractivity (Wildman–Crippen MR) is 134 cm³/mol. The van der Waals surface area contributed by atoms with Crippen molar-refractivity contribution in [3.63, 3.8) is 0 Å². The van der Waals surface area contributed by atoms with Crippen molar-refractivity contribution in [1.29, 1.82) is 0 Å². The maximum Gasteiger partial charge on any atom is 0.252 e. The molecule has 2 aromatic carbocycles. The molecule has 1 fully saturated rings. The standard InChI is InChI=1S/C25H28ClN3O4S/c1-2-19-5-3-4-14-29(19)34(32,33)20-10-11-23-21(15-20)22(16-24(30)28-23)25(31)27-13-12-17-6-8-18(26)9-7-17/h6-11,15-16,19H,2-5,12-14H2,1H3,(H,27,31)(H,28,30)/t19-/m0/s1. The zero-order valence-corrected chi connectivity index (χ0v) is 20.6. The first-order chi connectivity index (χ1) is 16.3. The van der Waals surface area contributed by atoms with Crippen LogP contribution in [0.2, 0.25) is 5.02 Å². The zero-order valence-electron chi connectivity index (χ0n) is 19.0. The van der Waals surface area contributed by atoms with Gasteiger partial charge in [0.1, 0.15) is 0 Å². The highest BCUT2D eigenvalue weighted by Gasteiger charge is 2.32. The van der Waals surface area contributed by atoms with Crippen LogP contribution >= 0.6 is 11.6 Å². The third-order valence-corrected chi connectivity index (χ3v) is 8.52. The molecular weight excluding hydrogens is 474 g/mol. The molecular formula is C25H28ClN3O4S. The highest BCUT2D eigenvalue weighted by molar-refractivity contribution is 7.89. The van der Waals surface area contributed by atoms with Gasteiger partial charge in [-0.15, -0.1) is 0 Å². The van der Waals surface area contributed by atoms with E-state index in [0.717, 1.165) is 31.2 Å². The number of pyridine rings is 1. The molecule has 0 spiro atoms. The number of aromatic amines is 1. The second-order valence-electron chi connectivity index (χ2n) is 8.56. The number of halogens is 1. The smallest absolute Gasteiger partial charge is 0.252 e. The van der Waals surface area contributed by atoms with Crippen LogP contribution in [-0.4, -0.2) is 42.7 Å². The van der Waals surface area contributed by atoms with Gasteiger partial charge in [0.2, 0.25) is 15.6 Å². The molecule has 0 unspecified atom stereocenters. The second-order valence-corrected chi connectivity index (χ2v) is 10.9. The molecule has 1 amide bonds. The highest BCUT2D eigenvalue weighted by Crippen LogP contribution is 2.29. The Morgan fingerprint density at radius 2 is 1.91 bits per heavy atom. The van der Waals surface area contributed by atoms with E-state index in [9.17, 15) is 18.0 Å². The van der Waals surface area contributed by atoms with E-state index in [4.69, 9.17) is 11.6 Å². The zero-order chi connectivity index (χ0) is 24.3. The molecule has 3 aromatic rings. The van der Waals surface area contributed by atoms with E-state index in [1.165, 1.54) is 18.2 Å². The molecule has 1 aromatic heterocycles. The number of sulfonamides is 1. The van der Waals surface area contributed by atoms with Crippen molar-refractivity contribution in [2.45, 2.75) is 50.0 Å². The fourth-order valence-electron chi connectivity index (χ4n) is 4.48. The van der Waals surface area contributed by atoms with Crippen LogP contribution in [0.25, 0.3) is 10.9 Å². The molecule has 7 nitrogen and oxygen atoms in total. The van der Waals surface area contributed by atoms with E-state index < -0.39 is 21.5 Å². The van der Waals surface area contributed by atoms with Crippen molar-refractivity contribution in [2.24, 2.45) is 0 Å². The van der Waals surface area contributed by atoms with Gasteiger partial charge in [0.15, 0.2) is 0 Å². The van der Waals surface area contributed by atoms with Gasteiger partial charge in [0.25, 0.3) is 5.91 Å². The van der Waals surface area contributed by atoms with Crippen LogP contribution in [0.3, 0.4) is 0 Å². The third kappa shape index (κ3) is 5.19. The van der Waals surface area contributed by atoms with E-state index in [1.54, 1.807) is 22.5 Å². The number of aromatic nitrogens is 1. The van der Waals surface area contributed by atoms with Gasteiger partial charge in [-0.25, -0.2) is 8.42 Å². The van der Waals surface area contributed by atoms with Crippen LogP contribution in [-0.2, 0) is 16.4 Å². The lowest BCUT2D eigenvalue weighted by Crippen LogP contribution is -2.43. The van der Waals surface area contributed by atoms with Crippen LogP contribution in [0.5, 0.6) is 0 Å². The number of fused-ring (bicyclic) bond motifs is 1. The molecule has 4 rings (SSSR count). The number of nitrogens with zero attached hydrogens (tertiary/aromatic N) is 1. The van der Waals surface area contributed by atoms with E-state index in [1.807, 2.05) is 19.1 Å². The monoisotopic (exact) mass is 501 g/mol. The summed E-state index contributed by atoms with van der Waals surface area (Å²) in [5.41, 5.74) is 1.16. The average molecular weight is 502 g/mol. The van der Waals surface area contributed by atoms with Gasteiger partial charge in [-0.1, -0.05) is 37.1 Å². The minimum Gasteiger partial charge on any atom is -0.352 e. The first-order valence-corrected chi connectivity index (χ1v) is 13.3. The van der Waals surface area contributed by atoms with Gasteiger partial charge in [-0.2, -0.15) is 4.31 Å². The summed E-state index contributed by atoms with van der Waals surface area (Å²) in [7, 11) is -3.73. The summed E-state index contributed by atoms with van der Waals surface area (Å²) >= 11 is 5.91. The molecule has 180 valence electrons. The number of amides is 1. The van der Waals surface area contributed by atoms with Gasteiger partial charge in [-0.05, 0) is 61.6 Å². The fourth-order valence-corrected chi connectivity index (χ4v) is 6.40. The second kappa shape index (κ2) is 10.3. The van der Waals surface area contributed by atoms with Gasteiger partial charge in [0, 0.05) is 41.1 Å². The lowest BCUT2D eigenvalue weighted by atomic mass is 10.0. The summed E-state index contributed by atoms with van der Waals surface area (Å²) in [4.78, 5) is 28.0. The normalized spacial score (nSPS) is 17.1. The lowest BCUT2D eigenvalue weighted by Gasteiger charge is -2.34. The van der Waals surface area contributed by atoms with Crippen molar-refractivity contribution in [1.82, 2.24) is 14.6 Å². The van der Waals surface area contributed by atoms with Crippen molar-refractivity contribution < 1.29 is 13.2 Å². The molecule has 1 aliphatic rings. The number of nitrogens with one attached hydrogen (secondary N) is 2. The van der Waals surface area contributed by atoms with E-state index in [0.29, 0.717) is 35.4 Å². The molecule has 1 atom stereocenters. The Labute approximate surface area is 204 Å². The first kappa shape index (κ1) is 24.4. The Kier molecular flexibility index (Phi) is 7.40. The van der Waals surface area contributed by atoms with Crippen LogP contribution in [0.15, 0.2) is 58.2 Å². The minimum atomic E-state index is -3.73. The molecule has 0 bridgehead atoms. The molecule has 34 heavy (non-hydrogen) atoms. The summed E-state index contributed by atoms with van der Waals surface area (Å²) in [5.74, 6) is -0.427. The van der Waals surface area contributed by atoms with E-state index in [2.05, 4.69) is 10.3 Å². The fraction of sp³-hybridized carbons (Fsp3) is 0.360. The number of hydrogen-bond donors (Lipinski definition) is 2. The maximum atomic E-state index is 13.4. The number of rotatable bonds is 7. The number of carbonyl (C=O) groups is 1. The van der Waals surface area contributed by atoms with Gasteiger partial charge < -0.3 is 10.3 Å². The Hall–Kier alpha value is -2.68. The molecule has 1 saturated heterocycles. The van der Waals surface area contributed by atoms with Crippen LogP contribution in [0.1, 0.15) is 48.5 Å². The molecule has 9 heteroatoms. The molecule has 0 saturated carbocycles. The SMILES string of the molecule is CC[C@H]1CCCCN1S(=O)(=O)c1ccc2[nH]c(=O)cc(C(=O)NCCc3ccc(Cl)cc3)c2c1. The van der Waals surface area contributed by atoms with Crippen molar-refractivity contribution >= 4 is 38.4 Å². The van der Waals surface area contributed by atoms with Gasteiger partial charge in [-0.3, -0.25) is 9.59 Å². The summed E-state index contributed by atoms with van der Waals surface area (Å²) in [6.07, 6.45) is 4.04. The average Bonchev–Trinajstić information content (AvgIpc) is 2.84. The molecule has 0 aliphatic carbocycles. The minimum absolute atomic E-state index is 0.0272. The first-order valence-electron chi connectivity index (χ1n) is 11.5. The molecule has 2 N–H and O–H groups in total. The summed E-state index contributed by atoms with van der Waals surface area (Å²) in [5, 5.41) is 3.87. The van der Waals surface area contributed by atoms with Crippen molar-refractivity contribution in [3.05, 3.63) is 75.0 Å². The third-order valence-electron chi connectivity index (χ3n) is 6.32. The molecule has 2 heterocycles. The number of piperidine rings is 1. The van der Waals surface area contributed by atoms with E-state index in [-0.39, 0.29) is 16.5 Å². The van der Waals surface area contributed by atoms with Gasteiger partial charge in [0.05, 0.1) is 10.5 Å². The van der Waals surface area contributed by atoms with E-state index >= 15 is 0 Å². The largest absolute Gasteiger partial charge is 0.352 e. The Morgan fingerprint density at radius 1 is 1.15 bits per heavy atom. The van der Waals surface area contributed by atoms with Crippen molar-refractivity contribution in [2.75, 3.05) is 13.1 Å². The topological polar surface area (TPSA) is 99.3 Å². The predicted octanol–water partition coefficient (Wildman–Crippen LogP) is 4.11. The Bertz CT molecular complexity index is 1350. The number of hydrogen-bond acceptors (Lipinski definition) is 4. The Balaban J connectivity index is 1.62. The summed E-state index contributed by atoms with van der Waals surface area (Å²) in [6.45, 7) is 2.84. The van der Waals surface area contributed by atoms with Crippen LogP contribution in [0, 0.1) is 0 Å². The number of benzene rings is 2. The van der Waals surface area contributed by atoms with Crippen molar-refractivity contribution in [3.8, 4) is 0 Å². The molecule has 1 aliphatic heterocycles. The Morgan fingerprint density at radius 3 is 2.65 bits per heavy atom.